The first-order valence-corrected chi connectivity index (χ1v) is 4.67. The van der Waals surface area contributed by atoms with Crippen LogP contribution in [0.1, 0.15) is 0 Å². The predicted octanol–water partition coefficient (Wildman–Crippen LogP) is 3.27. The van der Waals surface area contributed by atoms with E-state index in [1.807, 2.05) is 42.5 Å². The van der Waals surface area contributed by atoms with Crippen molar-refractivity contribution in [3.05, 3.63) is 53.9 Å². The van der Waals surface area contributed by atoms with Crippen molar-refractivity contribution in [3.8, 4) is 0 Å². The average molecular weight is 181 g/mol. The molecule has 0 bridgehead atoms. The molecule has 0 fully saturated rings. The van der Waals surface area contributed by atoms with E-state index in [1.54, 1.807) is 0 Å². The molecule has 1 aliphatic heterocycles. The molecule has 1 atom stereocenters. The minimum atomic E-state index is 0.120. The van der Waals surface area contributed by atoms with E-state index in [0.29, 0.717) is 0 Å². The summed E-state index contributed by atoms with van der Waals surface area (Å²) in [5.74, 6) is 0. The Labute approximate surface area is 82.7 Å². The molecule has 2 heteroatoms. The lowest BCUT2D eigenvalue weighted by atomic mass is 10.0. The number of benzene rings is 1. The molecule has 0 radical (unpaired) electrons. The minimum Gasteiger partial charge on any atom is -0.672 e. The number of nitrogens with zero attached hydrogens (tertiary/aromatic N) is 2. The van der Waals surface area contributed by atoms with Gasteiger partial charge in [-0.3, -0.25) is 4.99 Å². The quantitative estimate of drug-likeness (QED) is 0.587. The van der Waals surface area contributed by atoms with Crippen LogP contribution in [0.3, 0.4) is 0 Å². The smallest absolute Gasteiger partial charge is 0.0483 e. The van der Waals surface area contributed by atoms with Crippen molar-refractivity contribution < 1.29 is 0 Å². The Morgan fingerprint density at radius 1 is 1.14 bits per heavy atom. The maximum Gasteiger partial charge on any atom is 0.0483 e. The second-order valence-electron chi connectivity index (χ2n) is 3.34. The largest absolute Gasteiger partial charge is 0.672 e. The summed E-state index contributed by atoms with van der Waals surface area (Å²) >= 11 is 0. The van der Waals surface area contributed by atoms with Gasteiger partial charge in [0.1, 0.15) is 0 Å². The summed E-state index contributed by atoms with van der Waals surface area (Å²) in [7, 11) is 0. The van der Waals surface area contributed by atoms with Gasteiger partial charge in [-0.1, -0.05) is 42.5 Å². The highest BCUT2D eigenvalue weighted by molar-refractivity contribution is 6.08. The van der Waals surface area contributed by atoms with E-state index in [2.05, 4.69) is 16.4 Å². The number of allylic oxidation sites excluding steroid dienone is 2. The molecule has 0 amide bonds. The van der Waals surface area contributed by atoms with Crippen molar-refractivity contribution in [2.45, 2.75) is 6.04 Å². The van der Waals surface area contributed by atoms with Gasteiger partial charge >= 0.3 is 0 Å². The van der Waals surface area contributed by atoms with Gasteiger partial charge in [-0.2, -0.15) is 0 Å². The zero-order chi connectivity index (χ0) is 9.38. The van der Waals surface area contributed by atoms with Gasteiger partial charge in [0.05, 0.1) is 0 Å². The second-order valence-corrected chi connectivity index (χ2v) is 3.34. The third-order valence-electron chi connectivity index (χ3n) is 2.38. The maximum absolute atomic E-state index is 4.60. The Balaban J connectivity index is 2.13. The van der Waals surface area contributed by atoms with Crippen molar-refractivity contribution >= 4 is 17.1 Å². The molecule has 1 aromatic rings. The molecule has 2 aliphatic rings. The number of hydrogen-bond donors (Lipinski definition) is 0. The lowest BCUT2D eigenvalue weighted by molar-refractivity contribution is 1.19. The highest BCUT2D eigenvalue weighted by atomic mass is 15.0. The minimum absolute atomic E-state index is 0.120. The first-order valence-electron chi connectivity index (χ1n) is 4.67. The third kappa shape index (κ3) is 1.08. The van der Waals surface area contributed by atoms with Gasteiger partial charge < -0.3 is 5.32 Å². The van der Waals surface area contributed by atoms with Gasteiger partial charge in [-0.15, -0.1) is 5.69 Å². The molecule has 1 aliphatic carbocycles. The van der Waals surface area contributed by atoms with Crippen LogP contribution in [0.5, 0.6) is 0 Å². The lowest BCUT2D eigenvalue weighted by Crippen LogP contribution is -2.18. The van der Waals surface area contributed by atoms with E-state index in [-0.39, 0.29) is 6.04 Å². The van der Waals surface area contributed by atoms with Gasteiger partial charge in [0, 0.05) is 11.4 Å². The summed E-state index contributed by atoms with van der Waals surface area (Å²) < 4.78 is 0. The maximum atomic E-state index is 4.60. The van der Waals surface area contributed by atoms with Crippen LogP contribution in [0.4, 0.5) is 11.4 Å². The molecule has 0 aromatic heterocycles. The molecule has 1 aromatic carbocycles. The summed E-state index contributed by atoms with van der Waals surface area (Å²) in [5.41, 5.74) is 2.99. The molecule has 0 spiro atoms. The summed E-state index contributed by atoms with van der Waals surface area (Å²) in [4.78, 5) is 4.55. The topological polar surface area (TPSA) is 26.5 Å². The highest BCUT2D eigenvalue weighted by Gasteiger charge is 2.09. The van der Waals surface area contributed by atoms with Crippen LogP contribution in [0.15, 0.2) is 53.6 Å². The Hall–Kier alpha value is -1.83. The molecular weight excluding hydrogens is 172 g/mol. The Kier molecular flexibility index (Phi) is 1.53. The van der Waals surface area contributed by atoms with Crippen molar-refractivity contribution in [1.29, 1.82) is 0 Å². The van der Waals surface area contributed by atoms with Gasteiger partial charge in [-0.25, -0.2) is 0 Å². The zero-order valence-corrected chi connectivity index (χ0v) is 7.59. The van der Waals surface area contributed by atoms with E-state index in [0.717, 1.165) is 17.1 Å². The molecule has 1 heterocycles. The van der Waals surface area contributed by atoms with Gasteiger partial charge in [0.15, 0.2) is 0 Å². The first-order chi connectivity index (χ1) is 6.93. The number of hydrogen-bond acceptors (Lipinski definition) is 1. The fourth-order valence-corrected chi connectivity index (χ4v) is 1.69. The number of fused-ring (bicyclic) bond motifs is 2. The molecule has 0 N–H and O–H groups in total. The normalized spacial score (nSPS) is 22.0. The van der Waals surface area contributed by atoms with Crippen LogP contribution < -0.4 is 0 Å². The number of aliphatic imine (C=N–C) groups is 1. The molecule has 0 saturated heterocycles. The van der Waals surface area contributed by atoms with Crippen LogP contribution in [-0.4, -0.2) is 11.8 Å². The summed E-state index contributed by atoms with van der Waals surface area (Å²) in [5, 5.41) is 4.60. The van der Waals surface area contributed by atoms with Gasteiger partial charge in [0.25, 0.3) is 0 Å². The Bertz CT molecular complexity index is 455. The van der Waals surface area contributed by atoms with Gasteiger partial charge in [-0.05, 0) is 12.1 Å². The fraction of sp³-hybridized carbons (Fsp3) is 0.0833. The highest BCUT2D eigenvalue weighted by Crippen LogP contribution is 2.38. The molecule has 3 rings (SSSR count). The SMILES string of the molecule is C1=CC2=Nc3ccccc3[N-]C2C=C1. The lowest BCUT2D eigenvalue weighted by Gasteiger charge is -2.37. The predicted molar refractivity (Wildman–Crippen MR) is 58.6 cm³/mol. The summed E-state index contributed by atoms with van der Waals surface area (Å²) in [6.45, 7) is 0. The van der Waals surface area contributed by atoms with Crippen molar-refractivity contribution in [2.75, 3.05) is 0 Å². The Morgan fingerprint density at radius 2 is 2.07 bits per heavy atom. The molecule has 1 unspecified atom stereocenters. The fourth-order valence-electron chi connectivity index (χ4n) is 1.69. The van der Waals surface area contributed by atoms with Crippen molar-refractivity contribution in [3.63, 3.8) is 0 Å². The van der Waals surface area contributed by atoms with Gasteiger partial charge in [0.2, 0.25) is 0 Å². The standard InChI is InChI=1S/C12H9N2/c1-2-6-10-9(5-1)13-11-7-3-4-8-12(11)14-10/h1-9H/q-1. The van der Waals surface area contributed by atoms with E-state index >= 15 is 0 Å². The molecule has 2 nitrogen and oxygen atoms in total. The van der Waals surface area contributed by atoms with Crippen molar-refractivity contribution in [2.24, 2.45) is 4.99 Å². The van der Waals surface area contributed by atoms with Crippen molar-refractivity contribution in [1.82, 2.24) is 0 Å². The van der Waals surface area contributed by atoms with Crippen LogP contribution in [0, 0.1) is 0 Å². The van der Waals surface area contributed by atoms with E-state index in [4.69, 9.17) is 0 Å². The van der Waals surface area contributed by atoms with E-state index in [9.17, 15) is 0 Å². The molecular formula is C12H9N2-. The number of para-hydroxylation sites is 2. The third-order valence-corrected chi connectivity index (χ3v) is 2.38. The van der Waals surface area contributed by atoms with E-state index in [1.165, 1.54) is 0 Å². The number of rotatable bonds is 0. The molecule has 14 heavy (non-hydrogen) atoms. The zero-order valence-electron chi connectivity index (χ0n) is 7.59. The summed E-state index contributed by atoms with van der Waals surface area (Å²) in [6, 6.07) is 8.09. The monoisotopic (exact) mass is 181 g/mol. The second kappa shape index (κ2) is 2.84. The van der Waals surface area contributed by atoms with Crippen LogP contribution in [0.25, 0.3) is 5.32 Å². The first kappa shape index (κ1) is 7.56. The summed E-state index contributed by atoms with van der Waals surface area (Å²) in [6.07, 6.45) is 8.10. The average Bonchev–Trinajstić information content (AvgIpc) is 2.26. The molecule has 68 valence electrons. The van der Waals surface area contributed by atoms with Crippen LogP contribution in [-0.2, 0) is 0 Å². The van der Waals surface area contributed by atoms with E-state index < -0.39 is 0 Å². The van der Waals surface area contributed by atoms with Crippen LogP contribution in [0.2, 0.25) is 0 Å². The molecule has 0 saturated carbocycles. The Morgan fingerprint density at radius 3 is 3.07 bits per heavy atom. The van der Waals surface area contributed by atoms with Crippen LogP contribution >= 0.6 is 0 Å².